The van der Waals surface area contributed by atoms with E-state index in [1.54, 1.807) is 0 Å². The quantitative estimate of drug-likeness (QED) is 0.805. The highest BCUT2D eigenvalue weighted by atomic mass is 35.5. The SMILES string of the molecule is Cl.O=C(CCc1ccccc1)Cn1ncnn1. The van der Waals surface area contributed by atoms with E-state index in [4.69, 9.17) is 0 Å². The number of rotatable bonds is 5. The summed E-state index contributed by atoms with van der Waals surface area (Å²) in [5.74, 6) is 0.113. The van der Waals surface area contributed by atoms with Gasteiger partial charge in [-0.1, -0.05) is 30.3 Å². The third-order valence-electron chi connectivity index (χ3n) is 2.24. The molecule has 0 aliphatic carbocycles. The number of aryl methyl sites for hydroxylation is 1. The van der Waals surface area contributed by atoms with E-state index in [0.717, 1.165) is 6.42 Å². The number of tetrazole rings is 1. The van der Waals surface area contributed by atoms with Crippen molar-refractivity contribution in [2.75, 3.05) is 0 Å². The Bertz CT molecular complexity index is 444. The van der Waals surface area contributed by atoms with Crippen molar-refractivity contribution in [1.29, 1.82) is 0 Å². The van der Waals surface area contributed by atoms with Crippen LogP contribution in [0.15, 0.2) is 36.7 Å². The summed E-state index contributed by atoms with van der Waals surface area (Å²) in [6, 6.07) is 9.93. The lowest BCUT2D eigenvalue weighted by atomic mass is 10.1. The normalized spacial score (nSPS) is 9.65. The monoisotopic (exact) mass is 252 g/mol. The van der Waals surface area contributed by atoms with Crippen molar-refractivity contribution in [3.05, 3.63) is 42.2 Å². The van der Waals surface area contributed by atoms with E-state index < -0.39 is 0 Å². The number of Topliss-reactive ketones (excluding diaryl/α,β-unsaturated/α-hetero) is 1. The largest absolute Gasteiger partial charge is 0.298 e. The molecule has 0 saturated heterocycles. The molecular formula is C11H13ClN4O. The molecule has 0 aliphatic heterocycles. The van der Waals surface area contributed by atoms with Gasteiger partial charge in [0.2, 0.25) is 0 Å². The molecule has 0 radical (unpaired) electrons. The summed E-state index contributed by atoms with van der Waals surface area (Å²) in [6.07, 6.45) is 2.59. The molecule has 5 nitrogen and oxygen atoms in total. The first-order valence-corrected chi connectivity index (χ1v) is 5.11. The zero-order valence-electron chi connectivity index (χ0n) is 9.19. The van der Waals surface area contributed by atoms with Crippen LogP contribution in [0.25, 0.3) is 0 Å². The van der Waals surface area contributed by atoms with Crippen molar-refractivity contribution in [3.63, 3.8) is 0 Å². The van der Waals surface area contributed by atoms with Crippen LogP contribution < -0.4 is 0 Å². The van der Waals surface area contributed by atoms with Crippen LogP contribution in [0.1, 0.15) is 12.0 Å². The van der Waals surface area contributed by atoms with E-state index in [2.05, 4.69) is 15.4 Å². The fourth-order valence-corrected chi connectivity index (χ4v) is 1.43. The molecule has 0 unspecified atom stereocenters. The lowest BCUT2D eigenvalue weighted by Crippen LogP contribution is -2.13. The minimum absolute atomic E-state index is 0. The highest BCUT2D eigenvalue weighted by molar-refractivity contribution is 5.85. The summed E-state index contributed by atoms with van der Waals surface area (Å²) in [7, 11) is 0. The molecule has 90 valence electrons. The predicted molar refractivity (Wildman–Crippen MR) is 64.8 cm³/mol. The number of carbonyl (C=O) groups excluding carboxylic acids is 1. The van der Waals surface area contributed by atoms with Gasteiger partial charge in [0.05, 0.1) is 0 Å². The fourth-order valence-electron chi connectivity index (χ4n) is 1.43. The number of hydrogen-bond acceptors (Lipinski definition) is 4. The lowest BCUT2D eigenvalue weighted by Gasteiger charge is -2.00. The van der Waals surface area contributed by atoms with E-state index in [9.17, 15) is 4.79 Å². The summed E-state index contributed by atoms with van der Waals surface area (Å²) >= 11 is 0. The van der Waals surface area contributed by atoms with Crippen molar-refractivity contribution in [2.24, 2.45) is 0 Å². The van der Waals surface area contributed by atoms with Crippen molar-refractivity contribution >= 4 is 18.2 Å². The minimum Gasteiger partial charge on any atom is -0.298 e. The maximum absolute atomic E-state index is 11.6. The third-order valence-corrected chi connectivity index (χ3v) is 2.24. The molecule has 0 atom stereocenters. The highest BCUT2D eigenvalue weighted by Crippen LogP contribution is 2.03. The Kier molecular flexibility index (Phi) is 5.29. The van der Waals surface area contributed by atoms with Crippen molar-refractivity contribution in [3.8, 4) is 0 Å². The van der Waals surface area contributed by atoms with E-state index in [1.165, 1.54) is 16.7 Å². The van der Waals surface area contributed by atoms with Gasteiger partial charge in [-0.15, -0.1) is 22.6 Å². The number of hydrogen-bond donors (Lipinski definition) is 0. The number of halogens is 1. The molecule has 2 aromatic rings. The maximum atomic E-state index is 11.6. The summed E-state index contributed by atoms with van der Waals surface area (Å²) in [5, 5.41) is 11.0. The van der Waals surface area contributed by atoms with Crippen LogP contribution in [0, 0.1) is 0 Å². The van der Waals surface area contributed by atoms with Crippen molar-refractivity contribution < 1.29 is 4.79 Å². The fraction of sp³-hybridized carbons (Fsp3) is 0.273. The summed E-state index contributed by atoms with van der Waals surface area (Å²) in [5.41, 5.74) is 1.17. The number of benzene rings is 1. The zero-order valence-corrected chi connectivity index (χ0v) is 10.0. The van der Waals surface area contributed by atoms with Crippen LogP contribution in [0.2, 0.25) is 0 Å². The second-order valence-corrected chi connectivity index (χ2v) is 3.49. The Balaban J connectivity index is 0.00000144. The second-order valence-electron chi connectivity index (χ2n) is 3.49. The lowest BCUT2D eigenvalue weighted by molar-refractivity contribution is -0.120. The maximum Gasteiger partial charge on any atom is 0.162 e. The van der Waals surface area contributed by atoms with Crippen LogP contribution in [0.3, 0.4) is 0 Å². The van der Waals surface area contributed by atoms with Gasteiger partial charge in [0.1, 0.15) is 6.54 Å². The van der Waals surface area contributed by atoms with Gasteiger partial charge in [0.25, 0.3) is 0 Å². The van der Waals surface area contributed by atoms with E-state index in [0.29, 0.717) is 6.42 Å². The molecule has 0 spiro atoms. The number of nitrogens with zero attached hydrogens (tertiary/aromatic N) is 4. The molecule has 6 heteroatoms. The van der Waals surface area contributed by atoms with Gasteiger partial charge < -0.3 is 0 Å². The zero-order chi connectivity index (χ0) is 11.2. The van der Waals surface area contributed by atoms with Crippen LogP contribution in [0.4, 0.5) is 0 Å². The molecule has 0 aliphatic rings. The van der Waals surface area contributed by atoms with Gasteiger partial charge >= 0.3 is 0 Å². The van der Waals surface area contributed by atoms with Crippen LogP contribution >= 0.6 is 12.4 Å². The smallest absolute Gasteiger partial charge is 0.162 e. The molecule has 0 amide bonds. The van der Waals surface area contributed by atoms with E-state index in [-0.39, 0.29) is 24.7 Å². The minimum atomic E-state index is 0. The van der Waals surface area contributed by atoms with Gasteiger partial charge in [0, 0.05) is 6.42 Å². The molecule has 1 heterocycles. The molecule has 1 aromatic carbocycles. The first-order chi connectivity index (χ1) is 7.84. The Morgan fingerprint density at radius 1 is 1.24 bits per heavy atom. The van der Waals surface area contributed by atoms with Crippen LogP contribution in [-0.2, 0) is 17.8 Å². The second kappa shape index (κ2) is 6.75. The van der Waals surface area contributed by atoms with Crippen molar-refractivity contribution in [1.82, 2.24) is 20.2 Å². The third kappa shape index (κ3) is 4.32. The Labute approximate surface area is 105 Å². The molecule has 2 rings (SSSR count). The summed E-state index contributed by atoms with van der Waals surface area (Å²) in [4.78, 5) is 12.9. The molecule has 0 N–H and O–H groups in total. The van der Waals surface area contributed by atoms with E-state index >= 15 is 0 Å². The van der Waals surface area contributed by atoms with Gasteiger partial charge in [-0.05, 0) is 17.2 Å². The molecular weight excluding hydrogens is 240 g/mol. The van der Waals surface area contributed by atoms with Gasteiger partial charge in [-0.25, -0.2) is 0 Å². The molecule has 17 heavy (non-hydrogen) atoms. The Morgan fingerprint density at radius 2 is 2.00 bits per heavy atom. The first-order valence-electron chi connectivity index (χ1n) is 5.11. The first kappa shape index (κ1) is 13.3. The Hall–Kier alpha value is -1.75. The van der Waals surface area contributed by atoms with Crippen molar-refractivity contribution in [2.45, 2.75) is 19.4 Å². The van der Waals surface area contributed by atoms with Gasteiger partial charge in [-0.2, -0.15) is 4.80 Å². The predicted octanol–water partition coefficient (Wildman–Crippen LogP) is 1.30. The van der Waals surface area contributed by atoms with Crippen LogP contribution in [-0.4, -0.2) is 26.0 Å². The average molecular weight is 253 g/mol. The molecule has 1 aromatic heterocycles. The standard InChI is InChI=1S/C11H12N4O.ClH/c16-11(8-15-13-9-12-14-15)7-6-10-4-2-1-3-5-10;/h1-5,9H,6-8H2;1H. The molecule has 0 saturated carbocycles. The van der Waals surface area contributed by atoms with Crippen LogP contribution in [0.5, 0.6) is 0 Å². The summed E-state index contributed by atoms with van der Waals surface area (Å²) in [6.45, 7) is 0.201. The Morgan fingerprint density at radius 3 is 2.65 bits per heavy atom. The van der Waals surface area contributed by atoms with Gasteiger partial charge in [0.15, 0.2) is 12.1 Å². The van der Waals surface area contributed by atoms with E-state index in [1.807, 2.05) is 30.3 Å². The van der Waals surface area contributed by atoms with Gasteiger partial charge in [-0.3, -0.25) is 4.79 Å². The number of aromatic nitrogens is 4. The number of ketones is 1. The number of carbonyl (C=O) groups is 1. The molecule has 0 fully saturated rings. The summed E-state index contributed by atoms with van der Waals surface area (Å²) < 4.78 is 0. The highest BCUT2D eigenvalue weighted by Gasteiger charge is 2.04. The molecule has 0 bridgehead atoms. The topological polar surface area (TPSA) is 60.7 Å². The average Bonchev–Trinajstić information content (AvgIpc) is 2.81.